The van der Waals surface area contributed by atoms with E-state index in [4.69, 9.17) is 11.2 Å². The molecule has 0 aliphatic carbocycles. The van der Waals surface area contributed by atoms with E-state index in [0.29, 0.717) is 18.0 Å². The zero-order chi connectivity index (χ0) is 12.7. The molecule has 0 aliphatic rings. The van der Waals surface area contributed by atoms with Gasteiger partial charge in [0.05, 0.1) is 19.3 Å². The third-order valence-electron chi connectivity index (χ3n) is 2.30. The lowest BCUT2D eigenvalue weighted by Gasteiger charge is -2.19. The first kappa shape index (κ1) is 12.9. The zero-order valence-corrected chi connectivity index (χ0v) is 10.1. The Morgan fingerprint density at radius 1 is 1.53 bits per heavy atom. The van der Waals surface area contributed by atoms with Gasteiger partial charge in [-0.15, -0.1) is 6.42 Å². The fraction of sp³-hybridized carbons (Fsp3) is 0.308. The Kier molecular flexibility index (Phi) is 4.89. The molecule has 0 aliphatic heterocycles. The fourth-order valence-electron chi connectivity index (χ4n) is 1.38. The zero-order valence-electron chi connectivity index (χ0n) is 10.1. The SMILES string of the molecule is C#CCN(CC)C(=O)Nc1ccccc1OC. The maximum absolute atomic E-state index is 11.9. The number of para-hydroxylation sites is 2. The van der Waals surface area contributed by atoms with E-state index in [2.05, 4.69) is 11.2 Å². The van der Waals surface area contributed by atoms with Crippen molar-refractivity contribution in [3.63, 3.8) is 0 Å². The second-order valence-electron chi connectivity index (χ2n) is 3.35. The van der Waals surface area contributed by atoms with Crippen LogP contribution in [0.1, 0.15) is 6.92 Å². The Labute approximate surface area is 102 Å². The Morgan fingerprint density at radius 3 is 2.82 bits per heavy atom. The average molecular weight is 232 g/mol. The number of carbonyl (C=O) groups is 1. The third-order valence-corrected chi connectivity index (χ3v) is 2.30. The summed E-state index contributed by atoms with van der Waals surface area (Å²) in [6.45, 7) is 2.72. The number of amides is 2. The predicted molar refractivity (Wildman–Crippen MR) is 68.1 cm³/mol. The highest BCUT2D eigenvalue weighted by Gasteiger charge is 2.12. The molecule has 1 aromatic rings. The molecule has 0 fully saturated rings. The number of carbonyl (C=O) groups excluding carboxylic acids is 1. The van der Waals surface area contributed by atoms with E-state index >= 15 is 0 Å². The van der Waals surface area contributed by atoms with Gasteiger partial charge in [0.25, 0.3) is 0 Å². The van der Waals surface area contributed by atoms with Crippen LogP contribution < -0.4 is 10.1 Å². The highest BCUT2D eigenvalue weighted by Crippen LogP contribution is 2.23. The Morgan fingerprint density at radius 2 is 2.24 bits per heavy atom. The minimum atomic E-state index is -0.227. The second kappa shape index (κ2) is 6.44. The lowest BCUT2D eigenvalue weighted by atomic mass is 10.3. The van der Waals surface area contributed by atoms with Gasteiger partial charge in [-0.2, -0.15) is 0 Å². The molecular formula is C13H16N2O2. The fourth-order valence-corrected chi connectivity index (χ4v) is 1.38. The summed E-state index contributed by atoms with van der Waals surface area (Å²) in [4.78, 5) is 13.4. The number of rotatable bonds is 4. The smallest absolute Gasteiger partial charge is 0.322 e. The van der Waals surface area contributed by atoms with Crippen LogP contribution in [-0.2, 0) is 0 Å². The van der Waals surface area contributed by atoms with Gasteiger partial charge in [0.2, 0.25) is 0 Å². The van der Waals surface area contributed by atoms with Gasteiger partial charge < -0.3 is 15.0 Å². The van der Waals surface area contributed by atoms with Crippen LogP contribution >= 0.6 is 0 Å². The van der Waals surface area contributed by atoms with E-state index in [1.807, 2.05) is 19.1 Å². The molecule has 0 radical (unpaired) electrons. The maximum atomic E-state index is 11.9. The largest absolute Gasteiger partial charge is 0.495 e. The first-order chi connectivity index (χ1) is 8.22. The summed E-state index contributed by atoms with van der Waals surface area (Å²) in [5, 5.41) is 2.76. The highest BCUT2D eigenvalue weighted by atomic mass is 16.5. The molecular weight excluding hydrogens is 216 g/mol. The summed E-state index contributed by atoms with van der Waals surface area (Å²) >= 11 is 0. The number of anilines is 1. The van der Waals surface area contributed by atoms with Gasteiger partial charge >= 0.3 is 6.03 Å². The number of methoxy groups -OCH3 is 1. The van der Waals surface area contributed by atoms with Gasteiger partial charge in [-0.1, -0.05) is 18.1 Å². The number of nitrogens with zero attached hydrogens (tertiary/aromatic N) is 1. The molecule has 1 aromatic carbocycles. The van der Waals surface area contributed by atoms with Crippen LogP contribution in [-0.4, -0.2) is 31.1 Å². The summed E-state index contributed by atoms with van der Waals surface area (Å²) in [5.41, 5.74) is 0.635. The van der Waals surface area contributed by atoms with E-state index in [1.54, 1.807) is 19.2 Å². The van der Waals surface area contributed by atoms with E-state index in [0.717, 1.165) is 0 Å². The second-order valence-corrected chi connectivity index (χ2v) is 3.35. The topological polar surface area (TPSA) is 41.6 Å². The minimum absolute atomic E-state index is 0.227. The normalized spacial score (nSPS) is 9.24. The molecule has 90 valence electrons. The van der Waals surface area contributed by atoms with Crippen LogP contribution in [0.2, 0.25) is 0 Å². The molecule has 0 unspecified atom stereocenters. The Hall–Kier alpha value is -2.15. The van der Waals surface area contributed by atoms with Gasteiger partial charge in [-0.3, -0.25) is 0 Å². The van der Waals surface area contributed by atoms with Crippen molar-refractivity contribution in [2.45, 2.75) is 6.92 Å². The number of terminal acetylenes is 1. The number of benzene rings is 1. The lowest BCUT2D eigenvalue weighted by molar-refractivity contribution is 0.220. The standard InChI is InChI=1S/C13H16N2O2/c1-4-10-15(5-2)13(16)14-11-8-6-7-9-12(11)17-3/h1,6-9H,5,10H2,2-3H3,(H,14,16). The molecule has 4 nitrogen and oxygen atoms in total. The molecule has 0 atom stereocenters. The van der Waals surface area contributed by atoms with Crippen molar-refractivity contribution in [1.29, 1.82) is 0 Å². The van der Waals surface area contributed by atoms with Crippen LogP contribution in [0.5, 0.6) is 5.75 Å². The molecule has 1 N–H and O–H groups in total. The van der Waals surface area contributed by atoms with Gasteiger partial charge in [0, 0.05) is 6.54 Å². The van der Waals surface area contributed by atoms with Crippen molar-refractivity contribution >= 4 is 11.7 Å². The van der Waals surface area contributed by atoms with Crippen molar-refractivity contribution in [3.8, 4) is 18.1 Å². The maximum Gasteiger partial charge on any atom is 0.322 e. The number of hydrogen-bond acceptors (Lipinski definition) is 2. The lowest BCUT2D eigenvalue weighted by Crippen LogP contribution is -2.35. The summed E-state index contributed by atoms with van der Waals surface area (Å²) in [5.74, 6) is 3.07. The number of hydrogen-bond donors (Lipinski definition) is 1. The Bertz CT molecular complexity index is 424. The van der Waals surface area contributed by atoms with Gasteiger partial charge in [-0.05, 0) is 19.1 Å². The number of ether oxygens (including phenoxy) is 1. The van der Waals surface area contributed by atoms with Gasteiger partial charge in [0.1, 0.15) is 5.75 Å². The summed E-state index contributed by atoms with van der Waals surface area (Å²) in [7, 11) is 1.56. The van der Waals surface area contributed by atoms with Crippen LogP contribution in [0, 0.1) is 12.3 Å². The predicted octanol–water partition coefficient (Wildman–Crippen LogP) is 2.18. The van der Waals surface area contributed by atoms with Crippen LogP contribution in [0.15, 0.2) is 24.3 Å². The molecule has 0 aromatic heterocycles. The highest BCUT2D eigenvalue weighted by molar-refractivity contribution is 5.91. The first-order valence-electron chi connectivity index (χ1n) is 5.35. The summed E-state index contributed by atoms with van der Waals surface area (Å²) in [6, 6.07) is 7.01. The van der Waals surface area contributed by atoms with Crippen molar-refractivity contribution in [2.75, 3.05) is 25.5 Å². The van der Waals surface area contributed by atoms with E-state index in [9.17, 15) is 4.79 Å². The molecule has 0 heterocycles. The Balaban J connectivity index is 2.77. The van der Waals surface area contributed by atoms with Crippen molar-refractivity contribution in [2.24, 2.45) is 0 Å². The average Bonchev–Trinajstić information content (AvgIpc) is 2.36. The van der Waals surface area contributed by atoms with Crippen LogP contribution in [0.3, 0.4) is 0 Å². The summed E-state index contributed by atoms with van der Waals surface area (Å²) in [6.07, 6.45) is 5.20. The first-order valence-corrected chi connectivity index (χ1v) is 5.35. The quantitative estimate of drug-likeness (QED) is 0.808. The summed E-state index contributed by atoms with van der Waals surface area (Å²) < 4.78 is 5.15. The molecule has 2 amide bonds. The van der Waals surface area contributed by atoms with Gasteiger partial charge in [-0.25, -0.2) is 4.79 Å². The molecule has 0 saturated heterocycles. The minimum Gasteiger partial charge on any atom is -0.495 e. The van der Waals surface area contributed by atoms with E-state index in [1.165, 1.54) is 4.90 Å². The molecule has 17 heavy (non-hydrogen) atoms. The van der Waals surface area contributed by atoms with Crippen molar-refractivity contribution < 1.29 is 9.53 Å². The number of urea groups is 1. The van der Waals surface area contributed by atoms with E-state index in [-0.39, 0.29) is 12.6 Å². The third kappa shape index (κ3) is 3.42. The molecule has 0 bridgehead atoms. The van der Waals surface area contributed by atoms with Crippen molar-refractivity contribution in [3.05, 3.63) is 24.3 Å². The van der Waals surface area contributed by atoms with Crippen LogP contribution in [0.4, 0.5) is 10.5 Å². The molecule has 0 saturated carbocycles. The number of nitrogens with one attached hydrogen (secondary N) is 1. The molecule has 0 spiro atoms. The molecule has 1 rings (SSSR count). The van der Waals surface area contributed by atoms with E-state index < -0.39 is 0 Å². The molecule has 4 heteroatoms. The van der Waals surface area contributed by atoms with Crippen LogP contribution in [0.25, 0.3) is 0 Å². The van der Waals surface area contributed by atoms with Gasteiger partial charge in [0.15, 0.2) is 0 Å². The van der Waals surface area contributed by atoms with Crippen molar-refractivity contribution in [1.82, 2.24) is 4.90 Å². The monoisotopic (exact) mass is 232 g/mol.